The molecule has 0 amide bonds. The number of oxime groups is 1. The molecule has 3 N–H and O–H groups in total. The third-order valence-corrected chi connectivity index (χ3v) is 3.92. The van der Waals surface area contributed by atoms with Crippen molar-refractivity contribution in [1.82, 2.24) is 0 Å². The lowest BCUT2D eigenvalue weighted by molar-refractivity contribution is 0.318. The van der Waals surface area contributed by atoms with Crippen molar-refractivity contribution in [3.05, 3.63) is 55.7 Å². The molecule has 21 heavy (non-hydrogen) atoms. The van der Waals surface area contributed by atoms with Crippen molar-refractivity contribution in [3.8, 4) is 11.5 Å². The highest BCUT2D eigenvalue weighted by Gasteiger charge is 2.14. The maximum atomic E-state index is 13.5. The number of benzene rings is 2. The van der Waals surface area contributed by atoms with Gasteiger partial charge in [0.15, 0.2) is 5.84 Å². The lowest BCUT2D eigenvalue weighted by Crippen LogP contribution is -2.14. The molecule has 0 aromatic heterocycles. The number of hydrogen-bond donors (Lipinski definition) is 2. The SMILES string of the molecule is N/C(=N/O)c1cc(Br)ccc1Oc1cc(F)c(Cl)cc1Br. The number of halogens is 4. The summed E-state index contributed by atoms with van der Waals surface area (Å²) in [7, 11) is 0. The van der Waals surface area contributed by atoms with Gasteiger partial charge in [0.2, 0.25) is 0 Å². The van der Waals surface area contributed by atoms with E-state index in [9.17, 15) is 4.39 Å². The van der Waals surface area contributed by atoms with Crippen LogP contribution in [0.2, 0.25) is 5.02 Å². The van der Waals surface area contributed by atoms with Crippen molar-refractivity contribution in [2.75, 3.05) is 0 Å². The van der Waals surface area contributed by atoms with Crippen LogP contribution in [0.15, 0.2) is 44.4 Å². The van der Waals surface area contributed by atoms with Crippen LogP contribution in [0.25, 0.3) is 0 Å². The summed E-state index contributed by atoms with van der Waals surface area (Å²) >= 11 is 12.2. The van der Waals surface area contributed by atoms with Crippen LogP contribution in [0, 0.1) is 5.82 Å². The van der Waals surface area contributed by atoms with Crippen molar-refractivity contribution < 1.29 is 14.3 Å². The van der Waals surface area contributed by atoms with E-state index in [0.717, 1.165) is 10.5 Å². The molecule has 4 nitrogen and oxygen atoms in total. The van der Waals surface area contributed by atoms with Gasteiger partial charge in [-0.25, -0.2) is 4.39 Å². The normalized spacial score (nSPS) is 11.5. The van der Waals surface area contributed by atoms with Crippen LogP contribution in [0.3, 0.4) is 0 Å². The molecule has 0 unspecified atom stereocenters. The lowest BCUT2D eigenvalue weighted by atomic mass is 10.2. The fourth-order valence-electron chi connectivity index (χ4n) is 1.55. The maximum Gasteiger partial charge on any atom is 0.173 e. The van der Waals surface area contributed by atoms with Crippen molar-refractivity contribution >= 4 is 49.3 Å². The highest BCUT2D eigenvalue weighted by molar-refractivity contribution is 9.10. The predicted octanol–water partition coefficient (Wildman–Crippen LogP) is 4.89. The van der Waals surface area contributed by atoms with Crippen LogP contribution in [0.4, 0.5) is 4.39 Å². The Labute approximate surface area is 141 Å². The number of ether oxygens (including phenoxy) is 1. The van der Waals surface area contributed by atoms with Gasteiger partial charge < -0.3 is 15.7 Å². The van der Waals surface area contributed by atoms with Crippen LogP contribution in [0.1, 0.15) is 5.56 Å². The monoisotopic (exact) mass is 436 g/mol. The van der Waals surface area contributed by atoms with E-state index in [-0.39, 0.29) is 16.6 Å². The summed E-state index contributed by atoms with van der Waals surface area (Å²) in [4.78, 5) is 0. The molecule has 0 fully saturated rings. The van der Waals surface area contributed by atoms with E-state index >= 15 is 0 Å². The highest BCUT2D eigenvalue weighted by atomic mass is 79.9. The molecule has 2 aromatic rings. The number of nitrogens with zero attached hydrogens (tertiary/aromatic N) is 1. The van der Waals surface area contributed by atoms with Gasteiger partial charge in [-0.2, -0.15) is 0 Å². The first-order chi connectivity index (χ1) is 9.92. The number of rotatable bonds is 3. The molecule has 0 saturated carbocycles. The fraction of sp³-hybridized carbons (Fsp3) is 0. The van der Waals surface area contributed by atoms with Gasteiger partial charge in [-0.05, 0) is 40.2 Å². The summed E-state index contributed by atoms with van der Waals surface area (Å²) < 4.78 is 20.3. The Hall–Kier alpha value is -1.31. The minimum atomic E-state index is -0.614. The lowest BCUT2D eigenvalue weighted by Gasteiger charge is -2.12. The maximum absolute atomic E-state index is 13.5. The molecule has 0 aliphatic rings. The average Bonchev–Trinajstić information content (AvgIpc) is 2.45. The molecule has 0 heterocycles. The zero-order chi connectivity index (χ0) is 15.6. The molecule has 0 atom stereocenters. The third-order valence-electron chi connectivity index (χ3n) is 2.52. The average molecular weight is 438 g/mol. The van der Waals surface area contributed by atoms with Gasteiger partial charge in [-0.3, -0.25) is 0 Å². The molecular weight excluding hydrogens is 430 g/mol. The number of hydrogen-bond acceptors (Lipinski definition) is 3. The molecule has 0 spiro atoms. The Morgan fingerprint density at radius 1 is 1.24 bits per heavy atom. The second kappa shape index (κ2) is 6.64. The molecule has 8 heteroatoms. The Balaban J connectivity index is 2.47. The number of nitrogens with two attached hydrogens (primary N) is 1. The highest BCUT2D eigenvalue weighted by Crippen LogP contribution is 2.35. The van der Waals surface area contributed by atoms with E-state index in [4.69, 9.17) is 27.3 Å². The van der Waals surface area contributed by atoms with Crippen LogP contribution in [-0.2, 0) is 0 Å². The first-order valence-corrected chi connectivity index (χ1v) is 7.48. The van der Waals surface area contributed by atoms with Gasteiger partial charge in [0.1, 0.15) is 17.3 Å². The van der Waals surface area contributed by atoms with Gasteiger partial charge in [0.25, 0.3) is 0 Å². The Kier molecular flexibility index (Phi) is 5.08. The van der Waals surface area contributed by atoms with Gasteiger partial charge in [-0.1, -0.05) is 32.7 Å². The van der Waals surface area contributed by atoms with E-state index in [1.54, 1.807) is 18.2 Å². The summed E-state index contributed by atoms with van der Waals surface area (Å²) in [5.74, 6) is -0.226. The Morgan fingerprint density at radius 3 is 2.62 bits per heavy atom. The van der Waals surface area contributed by atoms with Crippen molar-refractivity contribution in [1.29, 1.82) is 0 Å². The fourth-order valence-corrected chi connectivity index (χ4v) is 2.63. The summed E-state index contributed by atoms with van der Waals surface area (Å²) in [5, 5.41) is 11.7. The van der Waals surface area contributed by atoms with E-state index in [1.807, 2.05) is 0 Å². The Bertz CT molecular complexity index is 726. The number of amidine groups is 1. The minimum Gasteiger partial charge on any atom is -0.455 e. The van der Waals surface area contributed by atoms with Gasteiger partial charge >= 0.3 is 0 Å². The van der Waals surface area contributed by atoms with Crippen LogP contribution >= 0.6 is 43.5 Å². The standard InChI is InChI=1S/C13H8Br2ClFN2O2/c14-6-1-2-11(7(3-6)13(18)19-20)21-12-5-10(17)9(16)4-8(12)15/h1-5,20H,(H2,18,19). The molecular formula is C13H8Br2ClFN2O2. The van der Waals surface area contributed by atoms with Gasteiger partial charge in [-0.15, -0.1) is 0 Å². The quantitative estimate of drug-likeness (QED) is 0.236. The smallest absolute Gasteiger partial charge is 0.173 e. The van der Waals surface area contributed by atoms with E-state index in [2.05, 4.69) is 37.0 Å². The van der Waals surface area contributed by atoms with E-state index in [0.29, 0.717) is 15.8 Å². The molecule has 0 aliphatic heterocycles. The molecule has 0 radical (unpaired) electrons. The second-order valence-electron chi connectivity index (χ2n) is 3.92. The molecule has 110 valence electrons. The molecule has 0 saturated heterocycles. The Morgan fingerprint density at radius 2 is 1.95 bits per heavy atom. The molecule has 0 bridgehead atoms. The minimum absolute atomic E-state index is 0.0262. The van der Waals surface area contributed by atoms with Crippen molar-refractivity contribution in [2.24, 2.45) is 10.9 Å². The van der Waals surface area contributed by atoms with Crippen LogP contribution in [-0.4, -0.2) is 11.0 Å². The molecule has 0 aliphatic carbocycles. The van der Waals surface area contributed by atoms with E-state index < -0.39 is 5.82 Å². The second-order valence-corrected chi connectivity index (χ2v) is 6.10. The summed E-state index contributed by atoms with van der Waals surface area (Å²) in [5.41, 5.74) is 5.96. The summed E-state index contributed by atoms with van der Waals surface area (Å²) in [6.07, 6.45) is 0. The van der Waals surface area contributed by atoms with Crippen molar-refractivity contribution in [3.63, 3.8) is 0 Å². The van der Waals surface area contributed by atoms with Crippen molar-refractivity contribution in [2.45, 2.75) is 0 Å². The summed E-state index contributed by atoms with van der Waals surface area (Å²) in [6.45, 7) is 0. The predicted molar refractivity (Wildman–Crippen MR) is 85.8 cm³/mol. The largest absolute Gasteiger partial charge is 0.455 e. The first-order valence-electron chi connectivity index (χ1n) is 5.52. The molecule has 2 rings (SSSR count). The topological polar surface area (TPSA) is 67.8 Å². The van der Waals surface area contributed by atoms with E-state index in [1.165, 1.54) is 6.07 Å². The first kappa shape index (κ1) is 16.1. The van der Waals surface area contributed by atoms with Crippen LogP contribution in [0.5, 0.6) is 11.5 Å². The van der Waals surface area contributed by atoms with Gasteiger partial charge in [0.05, 0.1) is 15.1 Å². The molecule has 2 aromatic carbocycles. The van der Waals surface area contributed by atoms with Gasteiger partial charge in [0, 0.05) is 10.5 Å². The van der Waals surface area contributed by atoms with Crippen LogP contribution < -0.4 is 10.5 Å². The zero-order valence-electron chi connectivity index (χ0n) is 10.3. The summed E-state index contributed by atoms with van der Waals surface area (Å²) in [6, 6.07) is 7.46. The third kappa shape index (κ3) is 3.66. The zero-order valence-corrected chi connectivity index (χ0v) is 14.2.